The highest BCUT2D eigenvalue weighted by Gasteiger charge is 2.19. The van der Waals surface area contributed by atoms with Gasteiger partial charge in [-0.1, -0.05) is 34.1 Å². The Kier molecular flexibility index (Phi) is 3.48. The van der Waals surface area contributed by atoms with Gasteiger partial charge < -0.3 is 10.2 Å². The van der Waals surface area contributed by atoms with E-state index in [0.29, 0.717) is 5.69 Å². The summed E-state index contributed by atoms with van der Waals surface area (Å²) in [6.07, 6.45) is 0. The second kappa shape index (κ2) is 5.28. The number of para-hydroxylation sites is 1. The third-order valence-corrected chi connectivity index (χ3v) is 3.75. The average molecular weight is 332 g/mol. The quantitative estimate of drug-likeness (QED) is 0.391. The third-order valence-electron chi connectivity index (χ3n) is 3.26. The molecule has 0 spiro atoms. The Hall–Kier alpha value is -1.82. The van der Waals surface area contributed by atoms with Crippen LogP contribution >= 0.6 is 15.9 Å². The molecular formula is C15H14BrN3O. The summed E-state index contributed by atoms with van der Waals surface area (Å²) in [5.74, 6) is 6.43. The largest absolute Gasteiger partial charge is 0.459 e. The first-order chi connectivity index (χ1) is 9.69. The predicted molar refractivity (Wildman–Crippen MR) is 83.9 cm³/mol. The van der Waals surface area contributed by atoms with Gasteiger partial charge in [-0.05, 0) is 30.3 Å². The molecule has 0 aliphatic heterocycles. The molecular weight excluding hydrogens is 318 g/mol. The maximum absolute atomic E-state index is 6.04. The van der Waals surface area contributed by atoms with Gasteiger partial charge >= 0.3 is 0 Å². The van der Waals surface area contributed by atoms with E-state index in [-0.39, 0.29) is 6.04 Å². The molecule has 2 aromatic carbocycles. The molecule has 5 N–H and O–H groups in total. The molecule has 1 unspecified atom stereocenters. The number of rotatable bonds is 3. The molecule has 0 amide bonds. The topological polar surface area (TPSA) is 77.2 Å². The molecule has 20 heavy (non-hydrogen) atoms. The van der Waals surface area contributed by atoms with Crippen molar-refractivity contribution in [2.75, 3.05) is 5.73 Å². The summed E-state index contributed by atoms with van der Waals surface area (Å²) in [5, 5.41) is 1.04. The van der Waals surface area contributed by atoms with Crippen molar-refractivity contribution >= 4 is 32.6 Å². The highest BCUT2D eigenvalue weighted by atomic mass is 79.9. The van der Waals surface area contributed by atoms with Gasteiger partial charge in [-0.2, -0.15) is 0 Å². The molecule has 3 rings (SSSR count). The lowest BCUT2D eigenvalue weighted by molar-refractivity contribution is 0.478. The van der Waals surface area contributed by atoms with Gasteiger partial charge in [0.05, 0.1) is 0 Å². The van der Waals surface area contributed by atoms with E-state index in [1.165, 1.54) is 0 Å². The Labute approximate surface area is 124 Å². The van der Waals surface area contributed by atoms with Crippen molar-refractivity contribution in [3.8, 4) is 0 Å². The minimum Gasteiger partial charge on any atom is -0.459 e. The summed E-state index contributed by atoms with van der Waals surface area (Å²) < 4.78 is 6.80. The Balaban J connectivity index is 2.11. The molecule has 4 nitrogen and oxygen atoms in total. The number of nitrogens with two attached hydrogens (primary N) is 2. The normalized spacial score (nSPS) is 12.7. The lowest BCUT2D eigenvalue weighted by Gasteiger charge is -2.16. The molecule has 0 saturated carbocycles. The van der Waals surface area contributed by atoms with Gasteiger partial charge in [-0.3, -0.25) is 5.84 Å². The molecule has 0 fully saturated rings. The monoisotopic (exact) mass is 331 g/mol. The maximum atomic E-state index is 6.04. The Bertz CT molecular complexity index is 721. The number of halogens is 1. The van der Waals surface area contributed by atoms with Crippen molar-refractivity contribution in [2.45, 2.75) is 6.04 Å². The second-order valence-electron chi connectivity index (χ2n) is 4.56. The minimum atomic E-state index is -0.292. The Morgan fingerprint density at radius 2 is 1.90 bits per heavy atom. The van der Waals surface area contributed by atoms with Crippen molar-refractivity contribution in [3.63, 3.8) is 0 Å². The second-order valence-corrected chi connectivity index (χ2v) is 5.48. The first-order valence-corrected chi connectivity index (χ1v) is 6.98. The summed E-state index contributed by atoms with van der Waals surface area (Å²) in [6.45, 7) is 0. The summed E-state index contributed by atoms with van der Waals surface area (Å²) in [5.41, 5.74) is 11.2. The first-order valence-electron chi connectivity index (χ1n) is 6.18. The van der Waals surface area contributed by atoms with E-state index in [1.54, 1.807) is 0 Å². The van der Waals surface area contributed by atoms with E-state index in [0.717, 1.165) is 26.8 Å². The van der Waals surface area contributed by atoms with Crippen LogP contribution in [-0.4, -0.2) is 0 Å². The van der Waals surface area contributed by atoms with E-state index in [4.69, 9.17) is 16.0 Å². The number of nitrogens with one attached hydrogen (secondary N) is 1. The zero-order valence-electron chi connectivity index (χ0n) is 10.6. The molecule has 3 aromatic rings. The zero-order chi connectivity index (χ0) is 14.1. The van der Waals surface area contributed by atoms with Crippen LogP contribution in [-0.2, 0) is 0 Å². The third kappa shape index (κ3) is 2.31. The molecule has 0 bridgehead atoms. The number of hydrazine groups is 1. The molecule has 0 radical (unpaired) electrons. The van der Waals surface area contributed by atoms with Crippen molar-refractivity contribution in [1.82, 2.24) is 5.43 Å². The SMILES string of the molecule is NNC(c1cc2ccccc2o1)c1cc(Br)ccc1N. The van der Waals surface area contributed by atoms with Crippen molar-refractivity contribution in [3.05, 3.63) is 64.3 Å². The fourth-order valence-electron chi connectivity index (χ4n) is 2.27. The first kappa shape index (κ1) is 13.2. The Morgan fingerprint density at radius 1 is 1.10 bits per heavy atom. The minimum absolute atomic E-state index is 0.292. The fourth-order valence-corrected chi connectivity index (χ4v) is 2.64. The van der Waals surface area contributed by atoms with Crippen molar-refractivity contribution in [1.29, 1.82) is 0 Å². The van der Waals surface area contributed by atoms with Gasteiger partial charge in [-0.25, -0.2) is 5.43 Å². The number of hydrogen-bond acceptors (Lipinski definition) is 4. The number of benzene rings is 2. The van der Waals surface area contributed by atoms with E-state index in [2.05, 4.69) is 21.4 Å². The van der Waals surface area contributed by atoms with Crippen molar-refractivity contribution in [2.24, 2.45) is 5.84 Å². The number of nitrogen functional groups attached to an aromatic ring is 1. The average Bonchev–Trinajstić information content (AvgIpc) is 2.87. The van der Waals surface area contributed by atoms with Gasteiger partial charge in [0, 0.05) is 21.1 Å². The highest BCUT2D eigenvalue weighted by molar-refractivity contribution is 9.10. The van der Waals surface area contributed by atoms with Crippen molar-refractivity contribution < 1.29 is 4.42 Å². The van der Waals surface area contributed by atoms with E-state index in [1.807, 2.05) is 48.5 Å². The van der Waals surface area contributed by atoms with Gasteiger partial charge in [-0.15, -0.1) is 0 Å². The van der Waals surface area contributed by atoms with Crippen LogP contribution in [0, 0.1) is 0 Å². The van der Waals surface area contributed by atoms with E-state index in [9.17, 15) is 0 Å². The van der Waals surface area contributed by atoms with Crippen LogP contribution < -0.4 is 17.0 Å². The molecule has 5 heteroatoms. The van der Waals surface area contributed by atoms with E-state index >= 15 is 0 Å². The molecule has 102 valence electrons. The number of anilines is 1. The molecule has 0 saturated heterocycles. The van der Waals surface area contributed by atoms with Crippen LogP contribution in [0.1, 0.15) is 17.4 Å². The summed E-state index contributed by atoms with van der Waals surface area (Å²) in [6, 6.07) is 15.2. The number of fused-ring (bicyclic) bond motifs is 1. The van der Waals surface area contributed by atoms with Crippen LogP contribution in [0.5, 0.6) is 0 Å². The van der Waals surface area contributed by atoms with Gasteiger partial charge in [0.15, 0.2) is 0 Å². The van der Waals surface area contributed by atoms with Crippen LogP contribution in [0.15, 0.2) is 57.4 Å². The molecule has 1 heterocycles. The molecule has 1 aromatic heterocycles. The smallest absolute Gasteiger partial charge is 0.134 e. The lowest BCUT2D eigenvalue weighted by Crippen LogP contribution is -2.29. The zero-order valence-corrected chi connectivity index (χ0v) is 12.2. The highest BCUT2D eigenvalue weighted by Crippen LogP contribution is 2.32. The predicted octanol–water partition coefficient (Wildman–Crippen LogP) is 3.33. The maximum Gasteiger partial charge on any atom is 0.134 e. The number of hydrogen-bond donors (Lipinski definition) is 3. The Morgan fingerprint density at radius 3 is 2.65 bits per heavy atom. The molecule has 0 aliphatic rings. The molecule has 0 aliphatic carbocycles. The van der Waals surface area contributed by atoms with Crippen LogP contribution in [0.4, 0.5) is 5.69 Å². The lowest BCUT2D eigenvalue weighted by atomic mass is 10.0. The molecule has 1 atom stereocenters. The van der Waals surface area contributed by atoms with Crippen LogP contribution in [0.3, 0.4) is 0 Å². The number of furan rings is 1. The van der Waals surface area contributed by atoms with Crippen LogP contribution in [0.25, 0.3) is 11.0 Å². The van der Waals surface area contributed by atoms with Gasteiger partial charge in [0.2, 0.25) is 0 Å². The fraction of sp³-hybridized carbons (Fsp3) is 0.0667. The summed E-state index contributed by atoms with van der Waals surface area (Å²) in [7, 11) is 0. The van der Waals surface area contributed by atoms with Crippen LogP contribution in [0.2, 0.25) is 0 Å². The van der Waals surface area contributed by atoms with Gasteiger partial charge in [0.1, 0.15) is 17.4 Å². The summed E-state index contributed by atoms with van der Waals surface area (Å²) in [4.78, 5) is 0. The van der Waals surface area contributed by atoms with E-state index < -0.39 is 0 Å². The standard InChI is InChI=1S/C15H14BrN3O/c16-10-5-6-12(17)11(8-10)15(19-18)14-7-9-3-1-2-4-13(9)20-14/h1-8,15,19H,17-18H2. The summed E-state index contributed by atoms with van der Waals surface area (Å²) >= 11 is 3.45. The van der Waals surface area contributed by atoms with Gasteiger partial charge in [0.25, 0.3) is 0 Å².